The second-order valence-corrected chi connectivity index (χ2v) is 6.34. The van der Waals surface area contributed by atoms with Gasteiger partial charge in [-0.05, 0) is 54.0 Å². The van der Waals surface area contributed by atoms with Gasteiger partial charge in [0.25, 0.3) is 0 Å². The molecule has 1 aliphatic rings. The Balaban J connectivity index is 1.81. The molecular weight excluding hydrogens is 258 g/mol. The van der Waals surface area contributed by atoms with Crippen molar-refractivity contribution in [3.8, 4) is 11.1 Å². The lowest BCUT2D eigenvalue weighted by Crippen LogP contribution is -2.13. The van der Waals surface area contributed by atoms with Gasteiger partial charge in [0.1, 0.15) is 0 Å². The highest BCUT2D eigenvalue weighted by molar-refractivity contribution is 5.64. The maximum absolute atomic E-state index is 11.5. The van der Waals surface area contributed by atoms with Gasteiger partial charge in [-0.2, -0.15) is 0 Å². The lowest BCUT2D eigenvalue weighted by atomic mass is 9.97. The van der Waals surface area contributed by atoms with Crippen LogP contribution < -0.4 is 5.56 Å². The summed E-state index contributed by atoms with van der Waals surface area (Å²) in [6, 6.07) is 10.2. The van der Waals surface area contributed by atoms with Crippen LogP contribution in [0.4, 0.5) is 0 Å². The lowest BCUT2D eigenvalue weighted by molar-refractivity contribution is 0.665. The fourth-order valence-corrected chi connectivity index (χ4v) is 2.87. The minimum Gasteiger partial charge on any atom is -0.318 e. The summed E-state index contributed by atoms with van der Waals surface area (Å²) in [7, 11) is 1.80. The Morgan fingerprint density at radius 3 is 2.62 bits per heavy atom. The van der Waals surface area contributed by atoms with Gasteiger partial charge in [0, 0.05) is 19.3 Å². The fraction of sp³-hybridized carbons (Fsp3) is 0.421. The molecule has 0 spiro atoms. The monoisotopic (exact) mass is 281 g/mol. The van der Waals surface area contributed by atoms with Gasteiger partial charge in [0.05, 0.1) is 0 Å². The highest BCUT2D eigenvalue weighted by Crippen LogP contribution is 2.34. The molecule has 1 aliphatic carbocycles. The molecule has 0 saturated heterocycles. The van der Waals surface area contributed by atoms with Crippen LogP contribution in [-0.4, -0.2) is 4.57 Å². The number of aromatic nitrogens is 1. The van der Waals surface area contributed by atoms with E-state index in [9.17, 15) is 4.79 Å². The molecule has 0 radical (unpaired) electrons. The van der Waals surface area contributed by atoms with Crippen LogP contribution >= 0.6 is 0 Å². The zero-order valence-corrected chi connectivity index (χ0v) is 12.9. The van der Waals surface area contributed by atoms with E-state index in [4.69, 9.17) is 0 Å². The largest absolute Gasteiger partial charge is 0.318 e. The minimum absolute atomic E-state index is 0.0375. The smallest absolute Gasteiger partial charge is 0.250 e. The summed E-state index contributed by atoms with van der Waals surface area (Å²) >= 11 is 0. The molecule has 2 aromatic rings. The van der Waals surface area contributed by atoms with E-state index >= 15 is 0 Å². The number of rotatable bonds is 5. The molecule has 1 saturated carbocycles. The van der Waals surface area contributed by atoms with Gasteiger partial charge in [0.15, 0.2) is 0 Å². The van der Waals surface area contributed by atoms with Gasteiger partial charge < -0.3 is 4.57 Å². The average molecular weight is 281 g/mol. The highest BCUT2D eigenvalue weighted by Gasteiger charge is 2.20. The van der Waals surface area contributed by atoms with Crippen LogP contribution in [0.5, 0.6) is 0 Å². The van der Waals surface area contributed by atoms with E-state index in [1.54, 1.807) is 17.7 Å². The Kier molecular flexibility index (Phi) is 3.96. The summed E-state index contributed by atoms with van der Waals surface area (Å²) in [6.45, 7) is 2.19. The molecule has 1 heterocycles. The Bertz CT molecular complexity index is 695. The molecule has 1 aromatic carbocycles. The predicted octanol–water partition coefficient (Wildman–Crippen LogP) is 4.09. The van der Waals surface area contributed by atoms with Crippen molar-refractivity contribution in [1.82, 2.24) is 4.57 Å². The first kappa shape index (κ1) is 14.1. The summed E-state index contributed by atoms with van der Waals surface area (Å²) in [5.74, 6) is 1.01. The zero-order chi connectivity index (χ0) is 14.8. The van der Waals surface area contributed by atoms with Gasteiger partial charge >= 0.3 is 0 Å². The van der Waals surface area contributed by atoms with E-state index in [1.165, 1.54) is 48.8 Å². The first-order valence-electron chi connectivity index (χ1n) is 7.90. The maximum atomic E-state index is 11.5. The highest BCUT2D eigenvalue weighted by atomic mass is 16.1. The molecule has 110 valence electrons. The molecule has 0 atom stereocenters. The number of hydrogen-bond donors (Lipinski definition) is 0. The van der Waals surface area contributed by atoms with E-state index < -0.39 is 0 Å². The number of aryl methyl sites for hydroxylation is 3. The molecule has 2 heteroatoms. The lowest BCUT2D eigenvalue weighted by Gasteiger charge is -2.10. The molecule has 0 aliphatic heterocycles. The minimum atomic E-state index is 0.0375. The third-order valence-corrected chi connectivity index (χ3v) is 4.52. The third kappa shape index (κ3) is 3.44. The Hall–Kier alpha value is -1.83. The predicted molar refractivity (Wildman–Crippen MR) is 87.5 cm³/mol. The van der Waals surface area contributed by atoms with Crippen molar-refractivity contribution >= 4 is 0 Å². The summed E-state index contributed by atoms with van der Waals surface area (Å²) in [5.41, 5.74) is 5.18. The topological polar surface area (TPSA) is 22.0 Å². The quantitative estimate of drug-likeness (QED) is 0.809. The molecule has 0 N–H and O–H groups in total. The van der Waals surface area contributed by atoms with Crippen molar-refractivity contribution in [1.29, 1.82) is 0 Å². The SMILES string of the molecule is Cc1ccc(-c2ccc(=O)n(C)c2)cc1CCCC1CC1. The van der Waals surface area contributed by atoms with Crippen LogP contribution in [-0.2, 0) is 13.5 Å². The summed E-state index contributed by atoms with van der Waals surface area (Å²) in [4.78, 5) is 11.5. The summed E-state index contributed by atoms with van der Waals surface area (Å²) in [6.07, 6.45) is 8.64. The van der Waals surface area contributed by atoms with Crippen LogP contribution in [0, 0.1) is 12.8 Å². The van der Waals surface area contributed by atoms with E-state index in [-0.39, 0.29) is 5.56 Å². The standard InChI is InChI=1S/C19H23NO/c1-14-6-9-17(18-10-11-19(21)20(2)13-18)12-16(14)5-3-4-15-7-8-15/h6,9-13,15H,3-5,7-8H2,1-2H3. The van der Waals surface area contributed by atoms with Crippen LogP contribution in [0.1, 0.15) is 36.8 Å². The van der Waals surface area contributed by atoms with Crippen molar-refractivity contribution in [3.63, 3.8) is 0 Å². The molecule has 3 rings (SSSR count). The first-order chi connectivity index (χ1) is 10.1. The van der Waals surface area contributed by atoms with Gasteiger partial charge in [0.2, 0.25) is 5.56 Å². The van der Waals surface area contributed by atoms with Crippen molar-refractivity contribution in [3.05, 3.63) is 58.0 Å². The van der Waals surface area contributed by atoms with Gasteiger partial charge in [-0.25, -0.2) is 0 Å². The maximum Gasteiger partial charge on any atom is 0.250 e. The number of hydrogen-bond acceptors (Lipinski definition) is 1. The zero-order valence-electron chi connectivity index (χ0n) is 12.9. The average Bonchev–Trinajstić information content (AvgIpc) is 3.28. The van der Waals surface area contributed by atoms with E-state index in [2.05, 4.69) is 25.1 Å². The summed E-state index contributed by atoms with van der Waals surface area (Å²) < 4.78 is 1.64. The van der Waals surface area contributed by atoms with E-state index in [0.29, 0.717) is 0 Å². The van der Waals surface area contributed by atoms with Crippen LogP contribution in [0.15, 0.2) is 41.3 Å². The van der Waals surface area contributed by atoms with Crippen LogP contribution in [0.3, 0.4) is 0 Å². The molecule has 0 unspecified atom stereocenters. The molecule has 0 bridgehead atoms. The molecule has 21 heavy (non-hydrogen) atoms. The van der Waals surface area contributed by atoms with E-state index in [0.717, 1.165) is 11.5 Å². The molecule has 2 nitrogen and oxygen atoms in total. The number of benzene rings is 1. The Labute approximate surface area is 126 Å². The van der Waals surface area contributed by atoms with E-state index in [1.807, 2.05) is 12.3 Å². The van der Waals surface area contributed by atoms with Crippen LogP contribution in [0.25, 0.3) is 11.1 Å². The Morgan fingerprint density at radius 1 is 1.14 bits per heavy atom. The normalized spacial score (nSPS) is 14.4. The van der Waals surface area contributed by atoms with Crippen molar-refractivity contribution in [2.24, 2.45) is 13.0 Å². The molecule has 1 fully saturated rings. The molecular formula is C19H23NO. The first-order valence-corrected chi connectivity index (χ1v) is 7.90. The third-order valence-electron chi connectivity index (χ3n) is 4.52. The number of nitrogens with zero attached hydrogens (tertiary/aromatic N) is 1. The second-order valence-electron chi connectivity index (χ2n) is 6.34. The molecule has 1 aromatic heterocycles. The summed E-state index contributed by atoms with van der Waals surface area (Å²) in [5, 5.41) is 0. The van der Waals surface area contributed by atoms with Gasteiger partial charge in [-0.15, -0.1) is 0 Å². The van der Waals surface area contributed by atoms with Crippen molar-refractivity contribution in [2.45, 2.75) is 39.0 Å². The van der Waals surface area contributed by atoms with Crippen LogP contribution in [0.2, 0.25) is 0 Å². The molecule has 0 amide bonds. The van der Waals surface area contributed by atoms with Gasteiger partial charge in [-0.3, -0.25) is 4.79 Å². The second kappa shape index (κ2) is 5.88. The Morgan fingerprint density at radius 2 is 1.90 bits per heavy atom. The number of pyridine rings is 1. The van der Waals surface area contributed by atoms with Crippen molar-refractivity contribution in [2.75, 3.05) is 0 Å². The fourth-order valence-electron chi connectivity index (χ4n) is 2.87. The van der Waals surface area contributed by atoms with Crippen molar-refractivity contribution < 1.29 is 0 Å². The van der Waals surface area contributed by atoms with Gasteiger partial charge in [-0.1, -0.05) is 37.5 Å².